The highest BCUT2D eigenvalue weighted by Crippen LogP contribution is 2.16. The largest absolute Gasteiger partial charge is 0.466 e. The third kappa shape index (κ3) is 24.1. The lowest BCUT2D eigenvalue weighted by atomic mass is 10.0. The quantitative estimate of drug-likeness (QED) is 0.0910. The molecule has 0 aromatic rings. The summed E-state index contributed by atoms with van der Waals surface area (Å²) in [7, 11) is 0. The average Bonchev–Trinajstić information content (AvgIpc) is 2.83. The molecule has 4 heteroatoms. The smallest absolute Gasteiger partial charge is 0.308 e. The lowest BCUT2D eigenvalue weighted by Gasteiger charge is -2.11. The molecule has 0 fully saturated rings. The fraction of sp³-hybridized carbons (Fsp3) is 0.933. The number of ether oxygens (including phenoxy) is 2. The first-order chi connectivity index (χ1) is 16.6. The molecule has 0 radical (unpaired) electrons. The molecule has 0 saturated heterocycles. The van der Waals surface area contributed by atoms with Crippen LogP contribution in [-0.4, -0.2) is 25.2 Å². The lowest BCUT2D eigenvalue weighted by molar-refractivity contribution is -0.148. The summed E-state index contributed by atoms with van der Waals surface area (Å²) in [5, 5.41) is 0. The summed E-state index contributed by atoms with van der Waals surface area (Å²) in [6.07, 6.45) is 26.0. The van der Waals surface area contributed by atoms with Crippen molar-refractivity contribution in [3.63, 3.8) is 0 Å². The second-order valence-electron chi connectivity index (χ2n) is 10.2. The van der Waals surface area contributed by atoms with Gasteiger partial charge in [-0.05, 0) is 25.7 Å². The van der Waals surface area contributed by atoms with E-state index in [-0.39, 0.29) is 17.9 Å². The highest BCUT2D eigenvalue weighted by Gasteiger charge is 2.13. The molecule has 0 aromatic heterocycles. The van der Waals surface area contributed by atoms with Crippen molar-refractivity contribution in [3.8, 4) is 0 Å². The maximum atomic E-state index is 11.9. The number of hydrogen-bond donors (Lipinski definition) is 0. The van der Waals surface area contributed by atoms with Gasteiger partial charge in [-0.15, -0.1) is 0 Å². The van der Waals surface area contributed by atoms with Gasteiger partial charge in [-0.1, -0.05) is 130 Å². The molecule has 0 rings (SSSR count). The Bertz CT molecular complexity index is 449. The number of hydrogen-bond acceptors (Lipinski definition) is 4. The van der Waals surface area contributed by atoms with E-state index in [2.05, 4.69) is 13.8 Å². The summed E-state index contributed by atoms with van der Waals surface area (Å²) in [6, 6.07) is 0. The molecule has 0 aromatic carbocycles. The first-order valence-corrected chi connectivity index (χ1v) is 14.9. The topological polar surface area (TPSA) is 52.6 Å². The second-order valence-corrected chi connectivity index (χ2v) is 10.2. The summed E-state index contributed by atoms with van der Waals surface area (Å²) in [5.41, 5.74) is 0. The zero-order valence-electron chi connectivity index (χ0n) is 23.2. The predicted octanol–water partition coefficient (Wildman–Crippen LogP) is 9.33. The molecule has 1 atom stereocenters. The van der Waals surface area contributed by atoms with Gasteiger partial charge in [0.25, 0.3) is 0 Å². The summed E-state index contributed by atoms with van der Waals surface area (Å²) in [5.74, 6) is 0.0379. The molecule has 0 bridgehead atoms. The number of esters is 2. The molecular weight excluding hydrogens is 424 g/mol. The van der Waals surface area contributed by atoms with Crippen LogP contribution in [0.2, 0.25) is 0 Å². The van der Waals surface area contributed by atoms with Gasteiger partial charge >= 0.3 is 11.9 Å². The van der Waals surface area contributed by atoms with Crippen molar-refractivity contribution >= 4 is 11.9 Å². The normalized spacial score (nSPS) is 12.0. The van der Waals surface area contributed by atoms with Gasteiger partial charge in [-0.3, -0.25) is 9.59 Å². The number of carbonyl (C=O) groups excluding carboxylic acids is 2. The highest BCUT2D eigenvalue weighted by molar-refractivity contribution is 5.71. The Kier molecular flexibility index (Phi) is 25.7. The average molecular weight is 483 g/mol. The highest BCUT2D eigenvalue weighted by atomic mass is 16.5. The molecule has 0 N–H and O–H groups in total. The number of rotatable bonds is 26. The molecule has 0 aliphatic carbocycles. The fourth-order valence-electron chi connectivity index (χ4n) is 4.24. The molecule has 34 heavy (non-hydrogen) atoms. The van der Waals surface area contributed by atoms with Crippen LogP contribution >= 0.6 is 0 Å². The molecule has 4 nitrogen and oxygen atoms in total. The maximum Gasteiger partial charge on any atom is 0.308 e. The van der Waals surface area contributed by atoms with E-state index in [9.17, 15) is 9.59 Å². The third-order valence-electron chi connectivity index (χ3n) is 6.67. The summed E-state index contributed by atoms with van der Waals surface area (Å²) in [4.78, 5) is 23.5. The Morgan fingerprint density at radius 3 is 1.41 bits per heavy atom. The van der Waals surface area contributed by atoms with E-state index in [1.54, 1.807) is 0 Å². The predicted molar refractivity (Wildman–Crippen MR) is 144 cm³/mol. The summed E-state index contributed by atoms with van der Waals surface area (Å²) in [6.45, 7) is 7.52. The van der Waals surface area contributed by atoms with Crippen LogP contribution in [0.5, 0.6) is 0 Å². The number of carbonyl (C=O) groups is 2. The first-order valence-electron chi connectivity index (χ1n) is 14.9. The molecule has 202 valence electrons. The molecule has 0 aliphatic rings. The van der Waals surface area contributed by atoms with Crippen molar-refractivity contribution in [2.24, 2.45) is 5.92 Å². The van der Waals surface area contributed by atoms with Crippen LogP contribution in [0.15, 0.2) is 0 Å². The minimum absolute atomic E-state index is 0.00558. The Morgan fingerprint density at radius 1 is 0.529 bits per heavy atom. The van der Waals surface area contributed by atoms with E-state index in [1.807, 2.05) is 6.92 Å². The van der Waals surface area contributed by atoms with Crippen molar-refractivity contribution in [1.82, 2.24) is 0 Å². The Morgan fingerprint density at radius 2 is 0.941 bits per heavy atom. The zero-order chi connectivity index (χ0) is 25.1. The van der Waals surface area contributed by atoms with E-state index >= 15 is 0 Å². The minimum Gasteiger partial charge on any atom is -0.466 e. The SMILES string of the molecule is CCCCCOC(=O)CCCCCCCCCCCCCCCCC(C)C(=O)OCCCCC. The van der Waals surface area contributed by atoms with Crippen LogP contribution in [0.4, 0.5) is 0 Å². The van der Waals surface area contributed by atoms with Crippen LogP contribution < -0.4 is 0 Å². The molecule has 0 amide bonds. The van der Waals surface area contributed by atoms with Crippen LogP contribution in [0.3, 0.4) is 0 Å². The van der Waals surface area contributed by atoms with Crippen molar-refractivity contribution in [2.45, 2.75) is 162 Å². The van der Waals surface area contributed by atoms with Gasteiger partial charge in [0.05, 0.1) is 19.1 Å². The van der Waals surface area contributed by atoms with Gasteiger partial charge in [0.2, 0.25) is 0 Å². The van der Waals surface area contributed by atoms with E-state index < -0.39 is 0 Å². The summed E-state index contributed by atoms with van der Waals surface area (Å²) >= 11 is 0. The van der Waals surface area contributed by atoms with Gasteiger partial charge in [0.15, 0.2) is 0 Å². The second kappa shape index (κ2) is 26.5. The maximum absolute atomic E-state index is 11.9. The number of unbranched alkanes of at least 4 members (excludes halogenated alkanes) is 17. The van der Waals surface area contributed by atoms with E-state index in [0.29, 0.717) is 19.6 Å². The van der Waals surface area contributed by atoms with Crippen molar-refractivity contribution < 1.29 is 19.1 Å². The monoisotopic (exact) mass is 482 g/mol. The standard InChI is InChI=1S/C30H58O4/c1-4-6-22-26-33-29(31)25-21-19-17-15-13-11-9-8-10-12-14-16-18-20-24-28(3)30(32)34-27-23-7-5-2/h28H,4-27H2,1-3H3. The van der Waals surface area contributed by atoms with Gasteiger partial charge in [-0.2, -0.15) is 0 Å². The van der Waals surface area contributed by atoms with Gasteiger partial charge in [0, 0.05) is 6.42 Å². The van der Waals surface area contributed by atoms with E-state index in [1.165, 1.54) is 70.6 Å². The van der Waals surface area contributed by atoms with Gasteiger partial charge in [-0.25, -0.2) is 0 Å². The molecule has 1 unspecified atom stereocenters. The molecule has 0 aliphatic heterocycles. The third-order valence-corrected chi connectivity index (χ3v) is 6.67. The van der Waals surface area contributed by atoms with Crippen LogP contribution in [0, 0.1) is 5.92 Å². The van der Waals surface area contributed by atoms with Crippen molar-refractivity contribution in [3.05, 3.63) is 0 Å². The van der Waals surface area contributed by atoms with E-state index in [0.717, 1.165) is 64.2 Å². The summed E-state index contributed by atoms with van der Waals surface area (Å²) < 4.78 is 10.6. The zero-order valence-corrected chi connectivity index (χ0v) is 23.2. The van der Waals surface area contributed by atoms with Crippen molar-refractivity contribution in [2.75, 3.05) is 13.2 Å². The van der Waals surface area contributed by atoms with Gasteiger partial charge in [0.1, 0.15) is 0 Å². The Balaban J connectivity index is 3.25. The molecule has 0 heterocycles. The van der Waals surface area contributed by atoms with Crippen LogP contribution in [-0.2, 0) is 19.1 Å². The van der Waals surface area contributed by atoms with Gasteiger partial charge < -0.3 is 9.47 Å². The lowest BCUT2D eigenvalue weighted by Crippen LogP contribution is -2.15. The Hall–Kier alpha value is -1.06. The Labute approximate surface area is 212 Å². The fourth-order valence-corrected chi connectivity index (χ4v) is 4.24. The van der Waals surface area contributed by atoms with E-state index in [4.69, 9.17) is 9.47 Å². The van der Waals surface area contributed by atoms with Crippen molar-refractivity contribution in [1.29, 1.82) is 0 Å². The molecule has 0 saturated carbocycles. The van der Waals surface area contributed by atoms with Crippen LogP contribution in [0.1, 0.15) is 162 Å². The molecule has 0 spiro atoms. The van der Waals surface area contributed by atoms with Crippen LogP contribution in [0.25, 0.3) is 0 Å². The minimum atomic E-state index is -0.0106. The molecular formula is C30H58O4. The first kappa shape index (κ1) is 32.9.